The van der Waals surface area contributed by atoms with Gasteiger partial charge in [-0.25, -0.2) is 9.37 Å². The summed E-state index contributed by atoms with van der Waals surface area (Å²) in [5.74, 6) is 0.479. The fourth-order valence-electron chi connectivity index (χ4n) is 4.11. The van der Waals surface area contributed by atoms with Gasteiger partial charge in [0, 0.05) is 5.56 Å². The van der Waals surface area contributed by atoms with Gasteiger partial charge >= 0.3 is 6.18 Å². The molecule has 0 amide bonds. The second-order valence-electron chi connectivity index (χ2n) is 8.95. The highest BCUT2D eigenvalue weighted by molar-refractivity contribution is 5.82. The number of rotatable bonds is 8. The molecule has 0 bridgehead atoms. The van der Waals surface area contributed by atoms with Gasteiger partial charge in [0.15, 0.2) is 17.3 Å². The van der Waals surface area contributed by atoms with E-state index in [2.05, 4.69) is 10.1 Å². The van der Waals surface area contributed by atoms with Crippen molar-refractivity contribution in [2.45, 2.75) is 19.7 Å². The van der Waals surface area contributed by atoms with Crippen molar-refractivity contribution >= 4 is 17.1 Å². The summed E-state index contributed by atoms with van der Waals surface area (Å²) in [6.07, 6.45) is -3.18. The van der Waals surface area contributed by atoms with E-state index in [1.54, 1.807) is 54.6 Å². The molecule has 4 aromatic carbocycles. The lowest BCUT2D eigenvalue weighted by Crippen LogP contribution is -2.20. The van der Waals surface area contributed by atoms with Crippen LogP contribution in [0, 0.1) is 5.82 Å². The van der Waals surface area contributed by atoms with Crippen molar-refractivity contribution in [1.29, 1.82) is 0 Å². The van der Waals surface area contributed by atoms with E-state index in [1.807, 2.05) is 6.92 Å². The summed E-state index contributed by atoms with van der Waals surface area (Å²) in [6.45, 7) is 2.35. The lowest BCUT2D eigenvalue weighted by Gasteiger charge is -2.13. The minimum Gasteiger partial charge on any atom is -0.490 e. The molecule has 0 saturated carbocycles. The first kappa shape index (κ1) is 27.6. The van der Waals surface area contributed by atoms with Gasteiger partial charge in [-0.3, -0.25) is 4.79 Å². The second-order valence-corrected chi connectivity index (χ2v) is 8.95. The summed E-state index contributed by atoms with van der Waals surface area (Å²) in [6, 6.07) is 22.1. The Kier molecular flexibility index (Phi) is 7.82. The molecule has 0 aliphatic rings. The number of aromatic nitrogens is 2. The molecule has 0 aliphatic heterocycles. The van der Waals surface area contributed by atoms with Crippen molar-refractivity contribution in [1.82, 2.24) is 9.66 Å². The highest BCUT2D eigenvalue weighted by Crippen LogP contribution is 2.32. The summed E-state index contributed by atoms with van der Waals surface area (Å²) in [5, 5.41) is 4.59. The van der Waals surface area contributed by atoms with Gasteiger partial charge in [-0.15, -0.1) is 0 Å². The Morgan fingerprint density at radius 2 is 1.68 bits per heavy atom. The van der Waals surface area contributed by atoms with Gasteiger partial charge in [0.25, 0.3) is 5.56 Å². The second kappa shape index (κ2) is 11.6. The minimum atomic E-state index is -4.57. The zero-order valence-corrected chi connectivity index (χ0v) is 21.7. The van der Waals surface area contributed by atoms with Crippen LogP contribution in [0.1, 0.15) is 23.6 Å². The quantitative estimate of drug-likeness (QED) is 0.150. The molecule has 0 aliphatic carbocycles. The van der Waals surface area contributed by atoms with Gasteiger partial charge in [-0.05, 0) is 72.6 Å². The molecule has 0 unspecified atom stereocenters. The Balaban J connectivity index is 1.52. The molecule has 0 radical (unpaired) electrons. The van der Waals surface area contributed by atoms with E-state index in [-0.39, 0.29) is 29.2 Å². The number of fused-ring (bicyclic) bond motifs is 1. The third kappa shape index (κ3) is 6.27. The minimum absolute atomic E-state index is 0.0414. The number of benzene rings is 4. The van der Waals surface area contributed by atoms with Crippen molar-refractivity contribution in [3.63, 3.8) is 0 Å². The summed E-state index contributed by atoms with van der Waals surface area (Å²) < 4.78 is 66.1. The van der Waals surface area contributed by atoms with Crippen LogP contribution in [0.3, 0.4) is 0 Å². The zero-order valence-electron chi connectivity index (χ0n) is 21.7. The highest BCUT2D eigenvalue weighted by atomic mass is 19.4. The average Bonchev–Trinajstić information content (AvgIpc) is 2.97. The Morgan fingerprint density at radius 3 is 2.44 bits per heavy atom. The van der Waals surface area contributed by atoms with Crippen molar-refractivity contribution in [2.24, 2.45) is 5.10 Å². The van der Waals surface area contributed by atoms with Gasteiger partial charge < -0.3 is 9.47 Å². The molecule has 1 aromatic heterocycles. The smallest absolute Gasteiger partial charge is 0.416 e. The Hall–Kier alpha value is -4.99. The third-order valence-corrected chi connectivity index (χ3v) is 6.10. The molecule has 0 spiro atoms. The maximum atomic E-state index is 13.4. The highest BCUT2D eigenvalue weighted by Gasteiger charge is 2.31. The fourth-order valence-corrected chi connectivity index (χ4v) is 4.11. The SMILES string of the molecule is CCOc1cc(C=Nn2c(-c3cccc(C(F)(F)F)c3)nc3ccccc3c2=O)ccc1OCc1ccc(F)cc1. The van der Waals surface area contributed by atoms with Gasteiger partial charge in [0.2, 0.25) is 0 Å². The van der Waals surface area contributed by atoms with Crippen LogP contribution in [-0.4, -0.2) is 22.5 Å². The standard InChI is InChI=1S/C31H23F4N3O3/c1-2-40-28-16-21(12-15-27(28)41-19-20-10-13-24(32)14-11-20)18-36-38-29(22-6-5-7-23(17-22)31(33,34)35)37-26-9-4-3-8-25(26)30(38)39/h3-18H,2,19H2,1H3. The van der Waals surface area contributed by atoms with Crippen LogP contribution in [0.4, 0.5) is 17.6 Å². The number of ether oxygens (including phenoxy) is 2. The van der Waals surface area contributed by atoms with E-state index >= 15 is 0 Å². The topological polar surface area (TPSA) is 65.7 Å². The number of hydrogen-bond acceptors (Lipinski definition) is 5. The average molecular weight is 562 g/mol. The van der Waals surface area contributed by atoms with Crippen LogP contribution >= 0.6 is 0 Å². The first-order chi connectivity index (χ1) is 19.7. The lowest BCUT2D eigenvalue weighted by atomic mass is 10.1. The van der Waals surface area contributed by atoms with E-state index < -0.39 is 17.3 Å². The van der Waals surface area contributed by atoms with Crippen LogP contribution in [0.5, 0.6) is 11.5 Å². The predicted octanol–water partition coefficient (Wildman–Crippen LogP) is 7.08. The molecular weight excluding hydrogens is 538 g/mol. The molecular formula is C31H23F4N3O3. The van der Waals surface area contributed by atoms with E-state index in [9.17, 15) is 22.4 Å². The van der Waals surface area contributed by atoms with E-state index in [4.69, 9.17) is 9.47 Å². The largest absolute Gasteiger partial charge is 0.490 e. The molecule has 1 heterocycles. The van der Waals surface area contributed by atoms with Crippen molar-refractivity contribution < 1.29 is 27.0 Å². The van der Waals surface area contributed by atoms with Crippen LogP contribution in [0.2, 0.25) is 0 Å². The molecule has 10 heteroatoms. The number of para-hydroxylation sites is 1. The predicted molar refractivity (Wildman–Crippen MR) is 148 cm³/mol. The monoisotopic (exact) mass is 561 g/mol. The molecule has 208 valence electrons. The number of alkyl halides is 3. The van der Waals surface area contributed by atoms with Gasteiger partial charge in [-0.1, -0.05) is 36.4 Å². The molecule has 5 rings (SSSR count). The number of hydrogen-bond donors (Lipinski definition) is 0. The first-order valence-corrected chi connectivity index (χ1v) is 12.6. The Labute approximate surface area is 232 Å². The summed E-state index contributed by atoms with van der Waals surface area (Å²) in [7, 11) is 0. The normalized spacial score (nSPS) is 11.7. The maximum absolute atomic E-state index is 13.4. The summed E-state index contributed by atoms with van der Waals surface area (Å²) >= 11 is 0. The molecule has 0 atom stereocenters. The number of nitrogens with zero attached hydrogens (tertiary/aromatic N) is 3. The van der Waals surface area contributed by atoms with Crippen molar-refractivity contribution in [2.75, 3.05) is 6.61 Å². The molecule has 0 fully saturated rings. The molecule has 6 nitrogen and oxygen atoms in total. The molecule has 0 N–H and O–H groups in total. The summed E-state index contributed by atoms with van der Waals surface area (Å²) in [5.41, 5.74) is 0.313. The van der Waals surface area contributed by atoms with Gasteiger partial charge in [-0.2, -0.15) is 22.9 Å². The first-order valence-electron chi connectivity index (χ1n) is 12.6. The van der Waals surface area contributed by atoms with Crippen LogP contribution in [-0.2, 0) is 12.8 Å². The van der Waals surface area contributed by atoms with Crippen LogP contribution < -0.4 is 15.0 Å². The summed E-state index contributed by atoms with van der Waals surface area (Å²) in [4.78, 5) is 17.9. The maximum Gasteiger partial charge on any atom is 0.416 e. The molecule has 0 saturated heterocycles. The van der Waals surface area contributed by atoms with Crippen molar-refractivity contribution in [3.05, 3.63) is 124 Å². The van der Waals surface area contributed by atoms with Crippen molar-refractivity contribution in [3.8, 4) is 22.9 Å². The Bertz CT molecular complexity index is 1780. The van der Waals surface area contributed by atoms with Crippen LogP contribution in [0.15, 0.2) is 101 Å². The molecule has 41 heavy (non-hydrogen) atoms. The number of halogens is 4. The third-order valence-electron chi connectivity index (χ3n) is 6.10. The van der Waals surface area contributed by atoms with Gasteiger partial charge in [0.05, 0.1) is 29.3 Å². The lowest BCUT2D eigenvalue weighted by molar-refractivity contribution is -0.137. The van der Waals surface area contributed by atoms with E-state index in [0.29, 0.717) is 29.2 Å². The molecule has 5 aromatic rings. The van der Waals surface area contributed by atoms with Gasteiger partial charge in [0.1, 0.15) is 12.4 Å². The van der Waals surface area contributed by atoms with E-state index in [1.165, 1.54) is 30.5 Å². The van der Waals surface area contributed by atoms with Crippen LogP contribution in [0.25, 0.3) is 22.3 Å². The fraction of sp³-hybridized carbons (Fsp3) is 0.129. The Morgan fingerprint density at radius 1 is 0.902 bits per heavy atom. The zero-order chi connectivity index (χ0) is 29.0. The van der Waals surface area contributed by atoms with E-state index in [0.717, 1.165) is 22.4 Å².